The summed E-state index contributed by atoms with van der Waals surface area (Å²) in [5.41, 5.74) is -0.0948. The van der Waals surface area contributed by atoms with E-state index in [-0.39, 0.29) is 22.9 Å². The SMILES string of the molecule is CC(C)C(NC(=O)c1ccc(F)cc1)C(=O)Nc1cc(F)c(N(C)C)c(F)c1. The van der Waals surface area contributed by atoms with Crippen LogP contribution in [0.1, 0.15) is 24.2 Å². The number of carbonyl (C=O) groups excluding carboxylic acids is 2. The number of nitrogens with zero attached hydrogens (tertiary/aromatic N) is 1. The first-order valence-electron chi connectivity index (χ1n) is 8.63. The maximum atomic E-state index is 14.1. The lowest BCUT2D eigenvalue weighted by atomic mass is 10.0. The summed E-state index contributed by atoms with van der Waals surface area (Å²) in [6.45, 7) is 3.43. The number of hydrogen-bond donors (Lipinski definition) is 2. The van der Waals surface area contributed by atoms with Crippen LogP contribution in [0, 0.1) is 23.4 Å². The van der Waals surface area contributed by atoms with Crippen molar-refractivity contribution in [1.82, 2.24) is 5.32 Å². The summed E-state index contributed by atoms with van der Waals surface area (Å²) in [4.78, 5) is 26.2. The van der Waals surface area contributed by atoms with Gasteiger partial charge in [-0.2, -0.15) is 0 Å². The fraction of sp³-hybridized carbons (Fsp3) is 0.300. The van der Waals surface area contributed by atoms with Crippen molar-refractivity contribution in [3.63, 3.8) is 0 Å². The van der Waals surface area contributed by atoms with Gasteiger partial charge in [0.2, 0.25) is 5.91 Å². The highest BCUT2D eigenvalue weighted by Crippen LogP contribution is 2.25. The van der Waals surface area contributed by atoms with Crippen molar-refractivity contribution < 1.29 is 22.8 Å². The molecule has 0 fully saturated rings. The van der Waals surface area contributed by atoms with Crippen molar-refractivity contribution in [2.45, 2.75) is 19.9 Å². The number of amides is 2. The van der Waals surface area contributed by atoms with Crippen LogP contribution >= 0.6 is 0 Å². The molecule has 0 aliphatic heterocycles. The Morgan fingerprint density at radius 3 is 1.96 bits per heavy atom. The fourth-order valence-electron chi connectivity index (χ4n) is 2.65. The van der Waals surface area contributed by atoms with Crippen molar-refractivity contribution in [2.75, 3.05) is 24.3 Å². The number of halogens is 3. The van der Waals surface area contributed by atoms with Gasteiger partial charge in [-0.3, -0.25) is 9.59 Å². The third-order valence-electron chi connectivity index (χ3n) is 4.07. The van der Waals surface area contributed by atoms with Crippen molar-refractivity contribution >= 4 is 23.2 Å². The van der Waals surface area contributed by atoms with Crippen LogP contribution in [-0.4, -0.2) is 32.0 Å². The van der Waals surface area contributed by atoms with E-state index < -0.39 is 35.3 Å². The largest absolute Gasteiger partial charge is 0.373 e. The Hall–Kier alpha value is -3.03. The molecule has 0 spiro atoms. The standard InChI is InChI=1S/C20H22F3N3O2/c1-11(2)17(25-19(27)12-5-7-13(21)8-6-12)20(28)24-14-9-15(22)18(26(3)4)16(23)10-14/h5-11,17H,1-4H3,(H,24,28)(H,25,27). The first kappa shape index (κ1) is 21.3. The average Bonchev–Trinajstić information content (AvgIpc) is 2.58. The van der Waals surface area contributed by atoms with Gasteiger partial charge < -0.3 is 15.5 Å². The average molecular weight is 393 g/mol. The normalized spacial score (nSPS) is 11.9. The smallest absolute Gasteiger partial charge is 0.251 e. The van der Waals surface area contributed by atoms with E-state index in [2.05, 4.69) is 10.6 Å². The minimum absolute atomic E-state index is 0.0627. The maximum absolute atomic E-state index is 14.1. The van der Waals surface area contributed by atoms with Gasteiger partial charge in [-0.05, 0) is 42.3 Å². The van der Waals surface area contributed by atoms with Gasteiger partial charge >= 0.3 is 0 Å². The highest BCUT2D eigenvalue weighted by atomic mass is 19.1. The van der Waals surface area contributed by atoms with Gasteiger partial charge in [-0.15, -0.1) is 0 Å². The van der Waals surface area contributed by atoms with Gasteiger partial charge in [-0.1, -0.05) is 13.8 Å². The molecule has 28 heavy (non-hydrogen) atoms. The fourth-order valence-corrected chi connectivity index (χ4v) is 2.65. The van der Waals surface area contributed by atoms with Crippen molar-refractivity contribution in [1.29, 1.82) is 0 Å². The summed E-state index contributed by atoms with van der Waals surface area (Å²) in [5.74, 6) is -3.62. The number of benzene rings is 2. The third kappa shape index (κ3) is 5.03. The predicted molar refractivity (Wildman–Crippen MR) is 102 cm³/mol. The minimum atomic E-state index is -0.961. The summed E-state index contributed by atoms with van der Waals surface area (Å²) in [6.07, 6.45) is 0. The second kappa shape index (κ2) is 8.77. The number of carbonyl (C=O) groups is 2. The Balaban J connectivity index is 2.17. The van der Waals surface area contributed by atoms with Gasteiger partial charge in [-0.25, -0.2) is 13.2 Å². The molecule has 0 aliphatic carbocycles. The minimum Gasteiger partial charge on any atom is -0.373 e. The molecule has 8 heteroatoms. The van der Waals surface area contributed by atoms with Crippen LogP contribution in [0.25, 0.3) is 0 Å². The van der Waals surface area contributed by atoms with Crippen LogP contribution in [0.5, 0.6) is 0 Å². The Kier molecular flexibility index (Phi) is 6.66. The van der Waals surface area contributed by atoms with Gasteiger partial charge in [0.1, 0.15) is 17.5 Å². The summed E-state index contributed by atoms with van der Waals surface area (Å²) in [6, 6.07) is 5.92. The molecule has 2 N–H and O–H groups in total. The van der Waals surface area contributed by atoms with E-state index in [1.165, 1.54) is 31.1 Å². The topological polar surface area (TPSA) is 61.4 Å². The Morgan fingerprint density at radius 1 is 0.964 bits per heavy atom. The van der Waals surface area contributed by atoms with E-state index >= 15 is 0 Å². The molecule has 2 aromatic rings. The van der Waals surface area contributed by atoms with Crippen LogP contribution in [0.4, 0.5) is 24.5 Å². The Labute approximate surface area is 161 Å². The molecule has 2 aromatic carbocycles. The van der Waals surface area contributed by atoms with Gasteiger partial charge in [0.05, 0.1) is 0 Å². The predicted octanol–water partition coefficient (Wildman–Crippen LogP) is 3.56. The van der Waals surface area contributed by atoms with E-state index in [1.54, 1.807) is 13.8 Å². The van der Waals surface area contributed by atoms with Crippen molar-refractivity contribution in [2.24, 2.45) is 5.92 Å². The van der Waals surface area contributed by atoms with Crippen molar-refractivity contribution in [3.05, 3.63) is 59.4 Å². The molecule has 5 nitrogen and oxygen atoms in total. The molecule has 2 rings (SSSR count). The molecule has 0 radical (unpaired) electrons. The quantitative estimate of drug-likeness (QED) is 0.789. The van der Waals surface area contributed by atoms with Gasteiger partial charge in [0, 0.05) is 25.3 Å². The zero-order chi connectivity index (χ0) is 21.0. The highest BCUT2D eigenvalue weighted by Gasteiger charge is 2.25. The van der Waals surface area contributed by atoms with E-state index in [1.807, 2.05) is 0 Å². The van der Waals surface area contributed by atoms with E-state index in [0.717, 1.165) is 24.3 Å². The third-order valence-corrected chi connectivity index (χ3v) is 4.07. The van der Waals surface area contributed by atoms with Crippen LogP contribution < -0.4 is 15.5 Å². The highest BCUT2D eigenvalue weighted by molar-refractivity contribution is 6.01. The molecule has 0 saturated carbocycles. The number of anilines is 2. The monoisotopic (exact) mass is 393 g/mol. The molecule has 1 unspecified atom stereocenters. The molecule has 0 heterocycles. The molecule has 1 atom stereocenters. The summed E-state index contributed by atoms with van der Waals surface area (Å²) in [5, 5.41) is 4.99. The lowest BCUT2D eigenvalue weighted by molar-refractivity contribution is -0.118. The molecular weight excluding hydrogens is 371 g/mol. The van der Waals surface area contributed by atoms with Crippen molar-refractivity contribution in [3.8, 4) is 0 Å². The zero-order valence-corrected chi connectivity index (χ0v) is 16.0. The van der Waals surface area contributed by atoms with Crippen LogP contribution in [0.15, 0.2) is 36.4 Å². The second-order valence-corrected chi connectivity index (χ2v) is 6.87. The van der Waals surface area contributed by atoms with E-state index in [9.17, 15) is 22.8 Å². The summed E-state index contributed by atoms with van der Waals surface area (Å²) in [7, 11) is 3.00. The molecule has 0 bridgehead atoms. The van der Waals surface area contributed by atoms with Gasteiger partial charge in [0.15, 0.2) is 11.6 Å². The molecule has 0 aliphatic rings. The first-order valence-corrected chi connectivity index (χ1v) is 8.63. The van der Waals surface area contributed by atoms with Gasteiger partial charge in [0.25, 0.3) is 5.91 Å². The second-order valence-electron chi connectivity index (χ2n) is 6.87. The lowest BCUT2D eigenvalue weighted by Crippen LogP contribution is -2.47. The Bertz CT molecular complexity index is 844. The number of nitrogens with one attached hydrogen (secondary N) is 2. The number of rotatable bonds is 6. The number of hydrogen-bond acceptors (Lipinski definition) is 3. The zero-order valence-electron chi connectivity index (χ0n) is 16.0. The Morgan fingerprint density at radius 2 is 1.50 bits per heavy atom. The molecule has 0 aromatic heterocycles. The molecule has 0 saturated heterocycles. The van der Waals surface area contributed by atoms with E-state index in [0.29, 0.717) is 0 Å². The molecular formula is C20H22F3N3O2. The van der Waals surface area contributed by atoms with Crippen LogP contribution in [-0.2, 0) is 4.79 Å². The van der Waals surface area contributed by atoms with E-state index in [4.69, 9.17) is 0 Å². The maximum Gasteiger partial charge on any atom is 0.251 e. The summed E-state index contributed by atoms with van der Waals surface area (Å²) < 4.78 is 41.2. The lowest BCUT2D eigenvalue weighted by Gasteiger charge is -2.22. The molecule has 2 amide bonds. The summed E-state index contributed by atoms with van der Waals surface area (Å²) >= 11 is 0. The molecule has 150 valence electrons. The van der Waals surface area contributed by atoms with Crippen LogP contribution in [0.2, 0.25) is 0 Å². The van der Waals surface area contributed by atoms with Crippen LogP contribution in [0.3, 0.4) is 0 Å². The first-order chi connectivity index (χ1) is 13.1.